The number of amides is 1. The van der Waals surface area contributed by atoms with E-state index in [0.717, 1.165) is 22.2 Å². The summed E-state index contributed by atoms with van der Waals surface area (Å²) >= 11 is 1.30. The van der Waals surface area contributed by atoms with Gasteiger partial charge in [-0.2, -0.15) is 5.10 Å². The lowest BCUT2D eigenvalue weighted by atomic mass is 9.83. The molecule has 27 heavy (non-hydrogen) atoms. The lowest BCUT2D eigenvalue weighted by Crippen LogP contribution is -2.66. The summed E-state index contributed by atoms with van der Waals surface area (Å²) in [6, 6.07) is 9.87. The van der Waals surface area contributed by atoms with Gasteiger partial charge in [0.2, 0.25) is 0 Å². The summed E-state index contributed by atoms with van der Waals surface area (Å²) in [6.07, 6.45) is 0. The van der Waals surface area contributed by atoms with Crippen LogP contribution in [0.5, 0.6) is 0 Å². The van der Waals surface area contributed by atoms with Gasteiger partial charge in [0.25, 0.3) is 5.91 Å². The van der Waals surface area contributed by atoms with Crippen LogP contribution in [-0.2, 0) is 5.54 Å². The maximum atomic E-state index is 12.9. The van der Waals surface area contributed by atoms with E-state index in [-0.39, 0.29) is 5.91 Å². The van der Waals surface area contributed by atoms with Crippen molar-refractivity contribution in [2.45, 2.75) is 33.2 Å². The van der Waals surface area contributed by atoms with Crippen LogP contribution in [0.1, 0.15) is 40.3 Å². The first-order valence-corrected chi connectivity index (χ1v) is 9.88. The predicted octanol–water partition coefficient (Wildman–Crippen LogP) is 3.23. The van der Waals surface area contributed by atoms with Gasteiger partial charge in [-0.15, -0.1) is 16.4 Å². The minimum absolute atomic E-state index is 0.0884. The van der Waals surface area contributed by atoms with E-state index in [1.807, 2.05) is 58.0 Å². The number of likely N-dealkylation sites (tertiary alicyclic amines) is 1. The molecule has 0 bridgehead atoms. The molecule has 0 unspecified atom stereocenters. The molecular formula is C20H25N5OS. The average molecular weight is 384 g/mol. The van der Waals surface area contributed by atoms with E-state index in [9.17, 15) is 4.79 Å². The van der Waals surface area contributed by atoms with Crippen LogP contribution in [-0.4, -0.2) is 34.1 Å². The minimum atomic E-state index is -0.491. The van der Waals surface area contributed by atoms with E-state index < -0.39 is 5.54 Å². The van der Waals surface area contributed by atoms with Crippen molar-refractivity contribution in [2.75, 3.05) is 18.8 Å². The second kappa shape index (κ2) is 7.25. The summed E-state index contributed by atoms with van der Waals surface area (Å²) in [5.74, 6) is -0.0884. The fraction of sp³-hybridized carbons (Fsp3) is 0.350. The topological polar surface area (TPSA) is 98.1 Å². The van der Waals surface area contributed by atoms with E-state index >= 15 is 0 Å². The van der Waals surface area contributed by atoms with Gasteiger partial charge < -0.3 is 16.4 Å². The average Bonchev–Trinajstić information content (AvgIpc) is 3.01. The summed E-state index contributed by atoms with van der Waals surface area (Å²) in [7, 11) is 0. The van der Waals surface area contributed by atoms with E-state index in [1.165, 1.54) is 11.3 Å². The van der Waals surface area contributed by atoms with Gasteiger partial charge in [-0.1, -0.05) is 44.2 Å². The maximum Gasteiger partial charge on any atom is 0.266 e. The number of aromatic nitrogens is 2. The molecule has 6 nitrogen and oxygen atoms in total. The smallest absolute Gasteiger partial charge is 0.266 e. The Morgan fingerprint density at radius 1 is 1.15 bits per heavy atom. The molecular weight excluding hydrogens is 358 g/mol. The van der Waals surface area contributed by atoms with Gasteiger partial charge in [0, 0.05) is 18.5 Å². The molecule has 7 heteroatoms. The minimum Gasteiger partial charge on any atom is -0.397 e. The van der Waals surface area contributed by atoms with Crippen LogP contribution in [0.2, 0.25) is 0 Å². The van der Waals surface area contributed by atoms with Gasteiger partial charge in [0.15, 0.2) is 0 Å². The predicted molar refractivity (Wildman–Crippen MR) is 111 cm³/mol. The first-order chi connectivity index (χ1) is 12.9. The Bertz CT molecular complexity index is 977. The number of nitrogen functional groups attached to an aromatic ring is 1. The first kappa shape index (κ1) is 19.3. The number of nitrogens with two attached hydrogens (primary N) is 2. The summed E-state index contributed by atoms with van der Waals surface area (Å²) in [6.45, 7) is 8.80. The van der Waals surface area contributed by atoms with Crippen molar-refractivity contribution < 1.29 is 4.79 Å². The Morgan fingerprint density at radius 3 is 2.41 bits per heavy atom. The molecule has 0 radical (unpaired) electrons. The van der Waals surface area contributed by atoms with Gasteiger partial charge >= 0.3 is 0 Å². The number of carbonyl (C=O) groups excluding carboxylic acids is 1. The molecule has 1 saturated heterocycles. The SMILES string of the molecule is CC.Cc1nnc2sc(C(=O)N3CC(N)(c4ccccc4)C3)c(N)c2c1C. The molecule has 1 aliphatic heterocycles. The number of hydrogen-bond donors (Lipinski definition) is 2. The molecule has 3 heterocycles. The second-order valence-electron chi connectivity index (χ2n) is 6.62. The van der Waals surface area contributed by atoms with Crippen molar-refractivity contribution in [1.29, 1.82) is 0 Å². The van der Waals surface area contributed by atoms with Crippen LogP contribution < -0.4 is 11.5 Å². The number of nitrogens with zero attached hydrogens (tertiary/aromatic N) is 3. The van der Waals surface area contributed by atoms with Crippen molar-refractivity contribution in [2.24, 2.45) is 5.73 Å². The lowest BCUT2D eigenvalue weighted by Gasteiger charge is -2.47. The van der Waals surface area contributed by atoms with Gasteiger partial charge in [0.05, 0.1) is 16.9 Å². The molecule has 3 aromatic rings. The second-order valence-corrected chi connectivity index (χ2v) is 7.62. The quantitative estimate of drug-likeness (QED) is 0.708. The molecule has 4 rings (SSSR count). The highest BCUT2D eigenvalue weighted by molar-refractivity contribution is 7.21. The molecule has 0 atom stereocenters. The molecule has 0 saturated carbocycles. The van der Waals surface area contributed by atoms with Crippen LogP contribution >= 0.6 is 11.3 Å². The highest BCUT2D eigenvalue weighted by Crippen LogP contribution is 2.38. The number of anilines is 1. The Labute approximate surface area is 163 Å². The molecule has 142 valence electrons. The summed E-state index contributed by atoms with van der Waals surface area (Å²) in [5.41, 5.74) is 15.6. The normalized spacial score (nSPS) is 15.1. The number of rotatable bonds is 2. The van der Waals surface area contributed by atoms with Crippen LogP contribution in [0, 0.1) is 13.8 Å². The molecule has 1 fully saturated rings. The van der Waals surface area contributed by atoms with Gasteiger partial charge in [-0.25, -0.2) is 0 Å². The molecule has 1 aromatic carbocycles. The summed E-state index contributed by atoms with van der Waals surface area (Å²) in [5, 5.41) is 9.14. The third-order valence-electron chi connectivity index (χ3n) is 4.91. The van der Waals surface area contributed by atoms with Gasteiger partial charge in [-0.05, 0) is 25.0 Å². The molecule has 1 amide bonds. The van der Waals surface area contributed by atoms with Crippen molar-refractivity contribution >= 4 is 33.1 Å². The number of thiophene rings is 1. The Morgan fingerprint density at radius 2 is 1.78 bits per heavy atom. The molecule has 4 N–H and O–H groups in total. The highest BCUT2D eigenvalue weighted by atomic mass is 32.1. The number of carbonyl (C=O) groups is 1. The zero-order valence-electron chi connectivity index (χ0n) is 16.1. The lowest BCUT2D eigenvalue weighted by molar-refractivity contribution is 0.0409. The van der Waals surface area contributed by atoms with Gasteiger partial charge in [-0.3, -0.25) is 4.79 Å². The van der Waals surface area contributed by atoms with E-state index in [0.29, 0.717) is 28.5 Å². The standard InChI is InChI=1S/C18H19N5OS.C2H6/c1-10-11(2)21-22-16-13(10)14(19)15(25-16)17(24)23-8-18(20,9-23)12-6-4-3-5-7-12;1-2/h3-7H,8-9,19-20H2,1-2H3;1-2H3. The van der Waals surface area contributed by atoms with Crippen molar-refractivity contribution in [1.82, 2.24) is 15.1 Å². The molecule has 0 aliphatic carbocycles. The fourth-order valence-electron chi connectivity index (χ4n) is 3.27. The fourth-order valence-corrected chi connectivity index (χ4v) is 4.34. The van der Waals surface area contributed by atoms with Crippen LogP contribution in [0.3, 0.4) is 0 Å². The highest BCUT2D eigenvalue weighted by Gasteiger charge is 2.44. The summed E-state index contributed by atoms with van der Waals surface area (Å²) in [4.78, 5) is 15.8. The van der Waals surface area contributed by atoms with Gasteiger partial charge in [0.1, 0.15) is 9.71 Å². The zero-order chi connectivity index (χ0) is 19.8. The zero-order valence-corrected chi connectivity index (χ0v) is 16.9. The van der Waals surface area contributed by atoms with E-state index in [1.54, 1.807) is 4.90 Å². The van der Waals surface area contributed by atoms with E-state index in [2.05, 4.69) is 10.2 Å². The number of fused-ring (bicyclic) bond motifs is 1. The number of hydrogen-bond acceptors (Lipinski definition) is 6. The molecule has 0 spiro atoms. The first-order valence-electron chi connectivity index (χ1n) is 9.06. The van der Waals surface area contributed by atoms with Crippen LogP contribution in [0.25, 0.3) is 10.2 Å². The third kappa shape index (κ3) is 3.17. The van der Waals surface area contributed by atoms with Crippen molar-refractivity contribution in [3.8, 4) is 0 Å². The Kier molecular flexibility index (Phi) is 5.17. The monoisotopic (exact) mass is 383 g/mol. The van der Waals surface area contributed by atoms with Crippen LogP contribution in [0.4, 0.5) is 5.69 Å². The maximum absolute atomic E-state index is 12.9. The van der Waals surface area contributed by atoms with Crippen LogP contribution in [0.15, 0.2) is 30.3 Å². The Hall–Kier alpha value is -2.51. The molecule has 1 aliphatic rings. The molecule has 2 aromatic heterocycles. The largest absolute Gasteiger partial charge is 0.397 e. The third-order valence-corrected chi connectivity index (χ3v) is 5.99. The van der Waals surface area contributed by atoms with Crippen molar-refractivity contribution in [3.05, 3.63) is 52.0 Å². The number of aryl methyl sites for hydroxylation is 2. The Balaban J connectivity index is 0.00000102. The number of benzene rings is 1. The van der Waals surface area contributed by atoms with Crippen molar-refractivity contribution in [3.63, 3.8) is 0 Å². The summed E-state index contributed by atoms with van der Waals surface area (Å²) < 4.78 is 0. The van der Waals surface area contributed by atoms with E-state index in [4.69, 9.17) is 11.5 Å².